The molecule has 0 aromatic carbocycles. The molecule has 0 unspecified atom stereocenters. The topological polar surface area (TPSA) is 54.4 Å². The number of hydrogen-bond donors (Lipinski definition) is 2. The zero-order valence-corrected chi connectivity index (χ0v) is 8.24. The van der Waals surface area contributed by atoms with Crippen LogP contribution in [0.1, 0.15) is 1.43 Å². The van der Waals surface area contributed by atoms with Crippen molar-refractivity contribution in [1.82, 2.24) is 0 Å². The summed E-state index contributed by atoms with van der Waals surface area (Å²) in [6.45, 7) is 0. The van der Waals surface area contributed by atoms with Crippen LogP contribution in [-0.2, 0) is 10.1 Å². The fourth-order valence-corrected chi connectivity index (χ4v) is 1.04. The van der Waals surface area contributed by atoms with Gasteiger partial charge in [-0.15, -0.1) is 0 Å². The molecule has 0 rings (SSSR count). The van der Waals surface area contributed by atoms with Gasteiger partial charge in [0.1, 0.15) is 0 Å². The number of thiol groups is 1. The SMILES string of the molecule is O=S(=O)(O)CCS.[H-].[Na+]. The zero-order chi connectivity index (χ0) is 5.91. The van der Waals surface area contributed by atoms with E-state index in [-0.39, 0.29) is 42.5 Å². The van der Waals surface area contributed by atoms with Crippen molar-refractivity contribution in [3.05, 3.63) is 0 Å². The predicted octanol–water partition coefficient (Wildman–Crippen LogP) is -3.08. The molecule has 0 fully saturated rings. The Morgan fingerprint density at radius 1 is 1.62 bits per heavy atom. The van der Waals surface area contributed by atoms with Crippen molar-refractivity contribution in [1.29, 1.82) is 0 Å². The van der Waals surface area contributed by atoms with E-state index in [9.17, 15) is 8.42 Å². The number of rotatable bonds is 2. The van der Waals surface area contributed by atoms with Crippen LogP contribution in [0.15, 0.2) is 0 Å². The third-order valence-corrected chi connectivity index (χ3v) is 1.60. The first-order valence-electron chi connectivity index (χ1n) is 1.62. The molecule has 0 aromatic rings. The summed E-state index contributed by atoms with van der Waals surface area (Å²) in [6.07, 6.45) is 0. The summed E-state index contributed by atoms with van der Waals surface area (Å²) in [6, 6.07) is 0. The molecule has 6 heteroatoms. The molecular formula is C2H7NaO3S2. The maximum Gasteiger partial charge on any atom is 1.00 e. The number of hydrogen-bond acceptors (Lipinski definition) is 3. The van der Waals surface area contributed by atoms with E-state index >= 15 is 0 Å². The Balaban J connectivity index is -0.000000180. The van der Waals surface area contributed by atoms with Crippen LogP contribution in [0.3, 0.4) is 0 Å². The van der Waals surface area contributed by atoms with Gasteiger partial charge < -0.3 is 1.43 Å². The molecule has 0 bridgehead atoms. The van der Waals surface area contributed by atoms with Crippen LogP contribution in [-0.4, -0.2) is 24.5 Å². The predicted molar refractivity (Wildman–Crippen MR) is 31.4 cm³/mol. The molecule has 0 heterocycles. The smallest absolute Gasteiger partial charge is 1.00 e. The van der Waals surface area contributed by atoms with Gasteiger partial charge >= 0.3 is 29.6 Å². The molecule has 0 aliphatic rings. The Morgan fingerprint density at radius 3 is 2.00 bits per heavy atom. The quantitative estimate of drug-likeness (QED) is 0.260. The van der Waals surface area contributed by atoms with Crippen LogP contribution in [0.25, 0.3) is 0 Å². The van der Waals surface area contributed by atoms with E-state index in [0.29, 0.717) is 0 Å². The fourth-order valence-electron chi connectivity index (χ4n) is 0.115. The second-order valence-corrected chi connectivity index (χ2v) is 3.03. The van der Waals surface area contributed by atoms with E-state index in [4.69, 9.17) is 4.55 Å². The standard InChI is InChI=1S/C2H6O3S2.Na.H/c3-7(4,5)2-1-6;;/h6H,1-2H2,(H,3,4,5);;/q;+1;-1. The van der Waals surface area contributed by atoms with Crippen molar-refractivity contribution in [3.8, 4) is 0 Å². The average Bonchev–Trinajstić information content (AvgIpc) is 1.30. The summed E-state index contributed by atoms with van der Waals surface area (Å²) in [5.74, 6) is -0.102. The Bertz CT molecular complexity index is 133. The van der Waals surface area contributed by atoms with Gasteiger partial charge in [-0.3, -0.25) is 4.55 Å². The Kier molecular flexibility index (Phi) is 7.61. The van der Waals surface area contributed by atoms with E-state index in [0.717, 1.165) is 0 Å². The van der Waals surface area contributed by atoms with Crippen LogP contribution in [0.2, 0.25) is 0 Å². The van der Waals surface area contributed by atoms with E-state index in [1.165, 1.54) is 0 Å². The molecule has 8 heavy (non-hydrogen) atoms. The van der Waals surface area contributed by atoms with Crippen LogP contribution >= 0.6 is 12.6 Å². The molecule has 0 saturated heterocycles. The average molecular weight is 166 g/mol. The van der Waals surface area contributed by atoms with Crippen LogP contribution in [0.4, 0.5) is 0 Å². The van der Waals surface area contributed by atoms with Gasteiger partial charge in [0.15, 0.2) is 0 Å². The molecular weight excluding hydrogens is 159 g/mol. The fraction of sp³-hybridized carbons (Fsp3) is 1.00. The van der Waals surface area contributed by atoms with Gasteiger partial charge in [-0.05, 0) is 0 Å². The van der Waals surface area contributed by atoms with E-state index < -0.39 is 10.1 Å². The van der Waals surface area contributed by atoms with Gasteiger partial charge in [-0.2, -0.15) is 21.0 Å². The maximum absolute atomic E-state index is 9.74. The monoisotopic (exact) mass is 166 g/mol. The first-order valence-corrected chi connectivity index (χ1v) is 3.86. The first kappa shape index (κ1) is 12.0. The second kappa shape index (κ2) is 5.08. The molecule has 3 nitrogen and oxygen atoms in total. The summed E-state index contributed by atoms with van der Waals surface area (Å²) in [7, 11) is -3.75. The summed E-state index contributed by atoms with van der Waals surface area (Å²) >= 11 is 3.57. The Morgan fingerprint density at radius 2 is 2.00 bits per heavy atom. The first-order chi connectivity index (χ1) is 3.06. The van der Waals surface area contributed by atoms with Crippen molar-refractivity contribution in [3.63, 3.8) is 0 Å². The van der Waals surface area contributed by atoms with Gasteiger partial charge in [0.05, 0.1) is 5.75 Å². The maximum atomic E-state index is 9.74. The summed E-state index contributed by atoms with van der Waals surface area (Å²) in [5.41, 5.74) is 0. The summed E-state index contributed by atoms with van der Waals surface area (Å²) < 4.78 is 27.4. The van der Waals surface area contributed by atoms with Crippen LogP contribution in [0.5, 0.6) is 0 Å². The largest absolute Gasteiger partial charge is 1.00 e. The molecule has 0 radical (unpaired) electrons. The third-order valence-electron chi connectivity index (χ3n) is 0.349. The molecule has 0 aliphatic heterocycles. The van der Waals surface area contributed by atoms with Crippen molar-refractivity contribution in [2.75, 3.05) is 11.5 Å². The minimum atomic E-state index is -3.75. The molecule has 1 N–H and O–H groups in total. The van der Waals surface area contributed by atoms with E-state index in [1.807, 2.05) is 0 Å². The Labute approximate surface area is 77.8 Å². The summed E-state index contributed by atoms with van der Waals surface area (Å²) in [4.78, 5) is 0. The van der Waals surface area contributed by atoms with Crippen LogP contribution < -0.4 is 29.6 Å². The molecule has 0 saturated carbocycles. The Hall–Kier alpha value is 1.26. The van der Waals surface area contributed by atoms with Gasteiger partial charge in [0.25, 0.3) is 10.1 Å². The van der Waals surface area contributed by atoms with E-state index in [2.05, 4.69) is 12.6 Å². The van der Waals surface area contributed by atoms with E-state index in [1.54, 1.807) is 0 Å². The van der Waals surface area contributed by atoms with Crippen molar-refractivity contribution >= 4 is 22.7 Å². The van der Waals surface area contributed by atoms with Crippen molar-refractivity contribution in [2.24, 2.45) is 0 Å². The molecule has 46 valence electrons. The van der Waals surface area contributed by atoms with Gasteiger partial charge in [0.2, 0.25) is 0 Å². The van der Waals surface area contributed by atoms with Gasteiger partial charge in [0, 0.05) is 5.75 Å². The minimum absolute atomic E-state index is 0. The zero-order valence-electron chi connectivity index (χ0n) is 5.53. The van der Waals surface area contributed by atoms with Crippen molar-refractivity contribution in [2.45, 2.75) is 0 Å². The van der Waals surface area contributed by atoms with Crippen molar-refractivity contribution < 1.29 is 44.0 Å². The molecule has 0 spiro atoms. The minimum Gasteiger partial charge on any atom is -1.00 e. The molecule has 0 aliphatic carbocycles. The molecule has 0 atom stereocenters. The normalized spacial score (nSPS) is 10.2. The van der Waals surface area contributed by atoms with Gasteiger partial charge in [-0.25, -0.2) is 0 Å². The second-order valence-electron chi connectivity index (χ2n) is 1.01. The molecule has 0 amide bonds. The van der Waals surface area contributed by atoms with Crippen LogP contribution in [0, 0.1) is 0 Å². The van der Waals surface area contributed by atoms with Gasteiger partial charge in [-0.1, -0.05) is 0 Å². The molecule has 0 aromatic heterocycles. The summed E-state index contributed by atoms with van der Waals surface area (Å²) in [5, 5.41) is 0. The third kappa shape index (κ3) is 10.3.